The Morgan fingerprint density at radius 3 is 2.59 bits per heavy atom. The molecule has 10 heteroatoms. The Morgan fingerprint density at radius 2 is 2.07 bits per heavy atom. The molecule has 1 fully saturated rings. The fourth-order valence-corrected chi connectivity index (χ4v) is 3.53. The van der Waals surface area contributed by atoms with E-state index in [2.05, 4.69) is 15.3 Å². The molecule has 1 amide bonds. The quantitative estimate of drug-likeness (QED) is 0.385. The Balaban J connectivity index is 0.00000364. The van der Waals surface area contributed by atoms with Crippen LogP contribution in [0.3, 0.4) is 0 Å². The van der Waals surface area contributed by atoms with Gasteiger partial charge in [-0.05, 0) is 34.6 Å². The van der Waals surface area contributed by atoms with Crippen LogP contribution in [0.2, 0.25) is 0 Å². The number of imidazole rings is 1. The number of carbonyl (C=O) groups is 1. The predicted molar refractivity (Wildman–Crippen MR) is 111 cm³/mol. The zero-order chi connectivity index (χ0) is 19.5. The van der Waals surface area contributed by atoms with Crippen molar-refractivity contribution >= 4 is 35.8 Å². The number of piperazine rings is 1. The van der Waals surface area contributed by atoms with Gasteiger partial charge in [0.25, 0.3) is 0 Å². The molecular formula is C17H29F2IN6O. The molecule has 1 aliphatic heterocycles. The lowest BCUT2D eigenvalue weighted by Gasteiger charge is -2.49. The van der Waals surface area contributed by atoms with Gasteiger partial charge in [0.05, 0.1) is 12.1 Å². The second-order valence-corrected chi connectivity index (χ2v) is 7.22. The Kier molecular flexibility index (Phi) is 8.43. The predicted octanol–water partition coefficient (Wildman–Crippen LogP) is 2.69. The van der Waals surface area contributed by atoms with E-state index in [9.17, 15) is 13.6 Å². The molecule has 0 radical (unpaired) electrons. The highest BCUT2D eigenvalue weighted by Crippen LogP contribution is 2.24. The van der Waals surface area contributed by atoms with Gasteiger partial charge in [-0.15, -0.1) is 24.0 Å². The first kappa shape index (κ1) is 23.6. The molecule has 2 heterocycles. The number of halogens is 3. The van der Waals surface area contributed by atoms with Gasteiger partial charge in [0.1, 0.15) is 12.4 Å². The van der Waals surface area contributed by atoms with Gasteiger partial charge in [0.15, 0.2) is 5.96 Å². The van der Waals surface area contributed by atoms with Crippen molar-refractivity contribution in [3.05, 3.63) is 18.2 Å². The van der Waals surface area contributed by atoms with Gasteiger partial charge < -0.3 is 15.1 Å². The molecule has 1 N–H and O–H groups in total. The lowest BCUT2D eigenvalue weighted by atomic mass is 9.96. The number of nitrogens with one attached hydrogen (secondary N) is 1. The normalized spacial score (nSPS) is 17.5. The molecule has 0 aliphatic carbocycles. The summed E-state index contributed by atoms with van der Waals surface area (Å²) < 4.78 is 26.7. The van der Waals surface area contributed by atoms with Crippen LogP contribution < -0.4 is 5.32 Å². The molecule has 154 valence electrons. The van der Waals surface area contributed by atoms with Gasteiger partial charge in [0, 0.05) is 31.5 Å². The first-order valence-electron chi connectivity index (χ1n) is 8.82. The highest BCUT2D eigenvalue weighted by Gasteiger charge is 2.40. The minimum atomic E-state index is -2.65. The molecule has 27 heavy (non-hydrogen) atoms. The number of guanidine groups is 1. The maximum Gasteiger partial charge on any atom is 0.319 e. The molecule has 7 nitrogen and oxygen atoms in total. The minimum Gasteiger partial charge on any atom is -0.356 e. The summed E-state index contributed by atoms with van der Waals surface area (Å²) in [6.45, 7) is 8.74. The molecule has 0 spiro atoms. The zero-order valence-corrected chi connectivity index (χ0v) is 18.8. The number of rotatable bonds is 5. The van der Waals surface area contributed by atoms with Crippen molar-refractivity contribution in [2.24, 2.45) is 4.99 Å². The third-order valence-corrected chi connectivity index (χ3v) is 4.30. The van der Waals surface area contributed by atoms with Crippen LogP contribution in [-0.2, 0) is 11.3 Å². The molecule has 0 atom stereocenters. The molecule has 1 aromatic heterocycles. The van der Waals surface area contributed by atoms with E-state index in [1.807, 2.05) is 44.4 Å². The van der Waals surface area contributed by atoms with Crippen LogP contribution in [0.1, 0.15) is 47.0 Å². The second kappa shape index (κ2) is 9.65. The lowest BCUT2D eigenvalue weighted by molar-refractivity contribution is -0.145. The average molecular weight is 498 g/mol. The van der Waals surface area contributed by atoms with E-state index < -0.39 is 6.55 Å². The molecule has 0 bridgehead atoms. The van der Waals surface area contributed by atoms with Gasteiger partial charge in [0.2, 0.25) is 5.91 Å². The van der Waals surface area contributed by atoms with E-state index in [1.54, 1.807) is 0 Å². The summed E-state index contributed by atoms with van der Waals surface area (Å²) >= 11 is 0. The first-order valence-corrected chi connectivity index (χ1v) is 8.82. The van der Waals surface area contributed by atoms with Crippen LogP contribution in [0.15, 0.2) is 17.4 Å². The third kappa shape index (κ3) is 5.52. The second-order valence-electron chi connectivity index (χ2n) is 7.22. The van der Waals surface area contributed by atoms with Gasteiger partial charge in [-0.1, -0.05) is 0 Å². The fraction of sp³-hybridized carbons (Fsp3) is 0.706. The number of amides is 1. The zero-order valence-electron chi connectivity index (χ0n) is 16.4. The van der Waals surface area contributed by atoms with E-state index in [0.717, 1.165) is 4.57 Å². The van der Waals surface area contributed by atoms with Gasteiger partial charge in [-0.3, -0.25) is 9.36 Å². The van der Waals surface area contributed by atoms with Crippen LogP contribution in [0, 0.1) is 0 Å². The summed E-state index contributed by atoms with van der Waals surface area (Å²) in [6.07, 6.45) is 2.56. The van der Waals surface area contributed by atoms with Crippen molar-refractivity contribution < 1.29 is 13.6 Å². The number of nitrogens with zero attached hydrogens (tertiary/aromatic N) is 5. The topological polar surface area (TPSA) is 65.8 Å². The van der Waals surface area contributed by atoms with Gasteiger partial charge in [-0.2, -0.15) is 8.78 Å². The van der Waals surface area contributed by atoms with E-state index in [4.69, 9.17) is 0 Å². The highest BCUT2D eigenvalue weighted by molar-refractivity contribution is 14.0. The number of hydrogen-bond donors (Lipinski definition) is 1. The Hall–Kier alpha value is -1.46. The van der Waals surface area contributed by atoms with Crippen LogP contribution in [-0.4, -0.2) is 62.4 Å². The Bertz CT molecular complexity index is 662. The number of aromatic nitrogens is 2. The molecule has 1 saturated heterocycles. The van der Waals surface area contributed by atoms with Crippen LogP contribution in [0.5, 0.6) is 0 Å². The molecule has 1 aliphatic rings. The molecule has 0 saturated carbocycles. The van der Waals surface area contributed by atoms with E-state index in [1.165, 1.54) is 12.4 Å². The maximum absolute atomic E-state index is 13.0. The maximum atomic E-state index is 13.0. The summed E-state index contributed by atoms with van der Waals surface area (Å²) in [5.74, 6) is 0.735. The van der Waals surface area contributed by atoms with Crippen molar-refractivity contribution in [1.82, 2.24) is 24.7 Å². The summed E-state index contributed by atoms with van der Waals surface area (Å²) in [7, 11) is 0. The lowest BCUT2D eigenvalue weighted by Crippen LogP contribution is -2.66. The number of carbonyl (C=O) groups excluding carboxylic acids is 1. The molecular weight excluding hydrogens is 469 g/mol. The third-order valence-electron chi connectivity index (χ3n) is 4.30. The van der Waals surface area contributed by atoms with Gasteiger partial charge >= 0.3 is 6.55 Å². The average Bonchev–Trinajstić information content (AvgIpc) is 2.97. The van der Waals surface area contributed by atoms with Crippen molar-refractivity contribution in [3.63, 3.8) is 0 Å². The molecule has 1 aromatic rings. The first-order chi connectivity index (χ1) is 12.2. The van der Waals surface area contributed by atoms with E-state index in [-0.39, 0.29) is 60.4 Å². The van der Waals surface area contributed by atoms with E-state index >= 15 is 0 Å². The fourth-order valence-electron chi connectivity index (χ4n) is 3.53. The summed E-state index contributed by atoms with van der Waals surface area (Å²) in [4.78, 5) is 24.8. The van der Waals surface area contributed by atoms with Crippen LogP contribution in [0.25, 0.3) is 0 Å². The summed E-state index contributed by atoms with van der Waals surface area (Å²) in [5.41, 5.74) is -0.360. The van der Waals surface area contributed by atoms with Crippen LogP contribution in [0.4, 0.5) is 8.78 Å². The number of hydrogen-bond acceptors (Lipinski definition) is 3. The van der Waals surface area contributed by atoms with Gasteiger partial charge in [-0.25, -0.2) is 9.98 Å². The van der Waals surface area contributed by atoms with E-state index in [0.29, 0.717) is 19.0 Å². The number of alkyl halides is 2. The smallest absolute Gasteiger partial charge is 0.319 e. The van der Waals surface area contributed by atoms with Crippen molar-refractivity contribution in [2.75, 3.05) is 19.6 Å². The monoisotopic (exact) mass is 498 g/mol. The largest absolute Gasteiger partial charge is 0.356 e. The number of aliphatic imine (C=N–C) groups is 1. The molecule has 0 unspecified atom stereocenters. The SMILES string of the molecule is CCNC(=NCc1nccn1C(F)F)N1CC(=O)N(C(C)C)C(C)(C)C1.I. The van der Waals surface area contributed by atoms with Crippen LogP contribution >= 0.6 is 24.0 Å². The van der Waals surface area contributed by atoms with Crippen molar-refractivity contribution in [2.45, 2.75) is 59.3 Å². The minimum absolute atomic E-state index is 0. The molecule has 2 rings (SSSR count). The summed E-state index contributed by atoms with van der Waals surface area (Å²) in [5, 5.41) is 3.15. The van der Waals surface area contributed by atoms with Crippen molar-refractivity contribution in [3.8, 4) is 0 Å². The summed E-state index contributed by atoms with van der Waals surface area (Å²) in [6, 6.07) is 0.109. The Morgan fingerprint density at radius 1 is 1.41 bits per heavy atom. The molecule has 0 aromatic carbocycles. The standard InChI is InChI=1S/C17H28F2N6O.HI/c1-6-20-16(22-9-13-21-7-8-24(13)15(18)19)23-10-14(26)25(12(2)3)17(4,5)11-23;/h7-8,12,15H,6,9-11H2,1-5H3,(H,20,22);1H. The van der Waals surface area contributed by atoms with Crippen molar-refractivity contribution in [1.29, 1.82) is 0 Å². The Labute approximate surface area is 176 Å². The highest BCUT2D eigenvalue weighted by atomic mass is 127.